The molecule has 0 radical (unpaired) electrons. The first-order valence-corrected chi connectivity index (χ1v) is 9.71. The quantitative estimate of drug-likeness (QED) is 0.800. The molecule has 2 aromatic carbocycles. The van der Waals surface area contributed by atoms with Gasteiger partial charge in [0.2, 0.25) is 10.0 Å². The lowest BCUT2D eigenvalue weighted by Gasteiger charge is -2.18. The van der Waals surface area contributed by atoms with Crippen LogP contribution in [0.1, 0.15) is 6.92 Å². The number of amides is 1. The predicted octanol–water partition coefficient (Wildman–Crippen LogP) is 2.50. The van der Waals surface area contributed by atoms with Crippen molar-refractivity contribution in [1.82, 2.24) is 0 Å². The Kier molecular flexibility index (Phi) is 6.10. The number of hydrogen-bond acceptors (Lipinski definition) is 5. The summed E-state index contributed by atoms with van der Waals surface area (Å²) >= 11 is 0. The van der Waals surface area contributed by atoms with Crippen molar-refractivity contribution in [1.29, 1.82) is 0 Å². The zero-order chi connectivity index (χ0) is 19.3. The lowest BCUT2D eigenvalue weighted by atomic mass is 10.2. The monoisotopic (exact) mass is 378 g/mol. The van der Waals surface area contributed by atoms with Gasteiger partial charge in [-0.15, -0.1) is 0 Å². The molecule has 0 unspecified atom stereocenters. The molecule has 2 aromatic rings. The maximum atomic E-state index is 12.4. The molecule has 0 saturated heterocycles. The number of nitrogens with one attached hydrogen (secondary N) is 1. The smallest absolute Gasteiger partial charge is 0.265 e. The molecule has 1 amide bonds. The van der Waals surface area contributed by atoms with Crippen LogP contribution in [0.5, 0.6) is 11.5 Å². The van der Waals surface area contributed by atoms with E-state index in [2.05, 4.69) is 5.32 Å². The van der Waals surface area contributed by atoms with Crippen LogP contribution in [0.4, 0.5) is 11.4 Å². The van der Waals surface area contributed by atoms with Crippen molar-refractivity contribution < 1.29 is 22.7 Å². The van der Waals surface area contributed by atoms with Crippen LogP contribution in [0.3, 0.4) is 0 Å². The van der Waals surface area contributed by atoms with Crippen LogP contribution in [0.2, 0.25) is 0 Å². The molecule has 0 spiro atoms. The Morgan fingerprint density at radius 1 is 1.12 bits per heavy atom. The minimum Gasteiger partial charge on any atom is -0.497 e. The molecule has 1 N–H and O–H groups in total. The molecule has 0 heterocycles. The molecular formula is C18H22N2O5S. The third-order valence-electron chi connectivity index (χ3n) is 3.70. The van der Waals surface area contributed by atoms with Gasteiger partial charge in [-0.25, -0.2) is 8.42 Å². The summed E-state index contributed by atoms with van der Waals surface area (Å²) < 4.78 is 35.2. The van der Waals surface area contributed by atoms with E-state index in [0.29, 0.717) is 22.9 Å². The van der Waals surface area contributed by atoms with Crippen LogP contribution in [0, 0.1) is 0 Å². The second kappa shape index (κ2) is 8.09. The number of hydrogen-bond donors (Lipinski definition) is 1. The van der Waals surface area contributed by atoms with E-state index < -0.39 is 16.1 Å². The third kappa shape index (κ3) is 5.13. The second-order valence-electron chi connectivity index (χ2n) is 5.71. The van der Waals surface area contributed by atoms with Gasteiger partial charge < -0.3 is 14.8 Å². The highest BCUT2D eigenvalue weighted by Gasteiger charge is 2.17. The number of ether oxygens (including phenoxy) is 2. The highest BCUT2D eigenvalue weighted by atomic mass is 32.2. The Balaban J connectivity index is 2.07. The van der Waals surface area contributed by atoms with E-state index in [1.165, 1.54) is 7.05 Å². The fraction of sp³-hybridized carbons (Fsp3) is 0.278. The van der Waals surface area contributed by atoms with E-state index in [4.69, 9.17) is 9.47 Å². The zero-order valence-electron chi connectivity index (χ0n) is 15.1. The highest BCUT2D eigenvalue weighted by Crippen LogP contribution is 2.22. The number of nitrogens with zero attached hydrogens (tertiary/aromatic N) is 1. The van der Waals surface area contributed by atoms with Gasteiger partial charge in [0, 0.05) is 18.8 Å². The minimum absolute atomic E-state index is 0.355. The molecule has 0 bridgehead atoms. The van der Waals surface area contributed by atoms with Crippen LogP contribution in [-0.2, 0) is 14.8 Å². The predicted molar refractivity (Wildman–Crippen MR) is 101 cm³/mol. The van der Waals surface area contributed by atoms with E-state index in [1.54, 1.807) is 62.6 Å². The molecule has 0 aliphatic carbocycles. The zero-order valence-corrected chi connectivity index (χ0v) is 15.9. The summed E-state index contributed by atoms with van der Waals surface area (Å²) in [5, 5.41) is 2.72. The highest BCUT2D eigenvalue weighted by molar-refractivity contribution is 7.92. The maximum Gasteiger partial charge on any atom is 0.265 e. The summed E-state index contributed by atoms with van der Waals surface area (Å²) in [6.45, 7) is 1.63. The fourth-order valence-corrected chi connectivity index (χ4v) is 2.64. The average molecular weight is 378 g/mol. The van der Waals surface area contributed by atoms with Crippen molar-refractivity contribution in [2.75, 3.05) is 30.0 Å². The van der Waals surface area contributed by atoms with Gasteiger partial charge in [0.25, 0.3) is 5.91 Å². The summed E-state index contributed by atoms with van der Waals surface area (Å²) in [7, 11) is -0.380. The number of anilines is 2. The summed E-state index contributed by atoms with van der Waals surface area (Å²) in [6.07, 6.45) is 0.362. The van der Waals surface area contributed by atoms with Crippen molar-refractivity contribution >= 4 is 27.3 Å². The Hall–Kier alpha value is -2.74. The van der Waals surface area contributed by atoms with Gasteiger partial charge >= 0.3 is 0 Å². The van der Waals surface area contributed by atoms with E-state index in [1.807, 2.05) is 0 Å². The van der Waals surface area contributed by atoms with Crippen LogP contribution in [0.25, 0.3) is 0 Å². The van der Waals surface area contributed by atoms with Crippen molar-refractivity contribution in [3.05, 3.63) is 48.5 Å². The molecule has 0 aliphatic rings. The van der Waals surface area contributed by atoms with E-state index in [9.17, 15) is 13.2 Å². The maximum absolute atomic E-state index is 12.4. The number of carbonyl (C=O) groups is 1. The van der Waals surface area contributed by atoms with Gasteiger partial charge in [-0.2, -0.15) is 0 Å². The van der Waals surface area contributed by atoms with E-state index in [-0.39, 0.29) is 5.91 Å². The normalized spacial score (nSPS) is 12.2. The van der Waals surface area contributed by atoms with Gasteiger partial charge in [-0.3, -0.25) is 9.10 Å². The number of rotatable bonds is 7. The van der Waals surface area contributed by atoms with Crippen LogP contribution < -0.4 is 19.1 Å². The largest absolute Gasteiger partial charge is 0.497 e. The number of methoxy groups -OCH3 is 1. The summed E-state index contributed by atoms with van der Waals surface area (Å²) in [5.41, 5.74) is 0.927. The lowest BCUT2D eigenvalue weighted by Crippen LogP contribution is -2.30. The molecule has 1 atom stereocenters. The van der Waals surface area contributed by atoms with Crippen LogP contribution in [-0.4, -0.2) is 40.8 Å². The summed E-state index contributed by atoms with van der Waals surface area (Å²) in [5.74, 6) is 0.788. The van der Waals surface area contributed by atoms with E-state index in [0.717, 1.165) is 10.6 Å². The topological polar surface area (TPSA) is 84.9 Å². The Labute approximate surface area is 153 Å². The van der Waals surface area contributed by atoms with Gasteiger partial charge in [0.15, 0.2) is 6.10 Å². The Morgan fingerprint density at radius 2 is 1.77 bits per heavy atom. The number of sulfonamides is 1. The van der Waals surface area contributed by atoms with E-state index >= 15 is 0 Å². The van der Waals surface area contributed by atoms with Crippen LogP contribution >= 0.6 is 0 Å². The average Bonchev–Trinajstić information content (AvgIpc) is 2.60. The van der Waals surface area contributed by atoms with Gasteiger partial charge in [0.05, 0.1) is 19.1 Å². The summed E-state index contributed by atoms with van der Waals surface area (Å²) in [6, 6.07) is 13.5. The van der Waals surface area contributed by atoms with Crippen molar-refractivity contribution in [3.63, 3.8) is 0 Å². The first kappa shape index (κ1) is 19.6. The molecule has 0 saturated carbocycles. The van der Waals surface area contributed by atoms with Crippen molar-refractivity contribution in [2.45, 2.75) is 13.0 Å². The van der Waals surface area contributed by atoms with Gasteiger partial charge in [-0.05, 0) is 37.3 Å². The standard InChI is InChI=1S/C18H22N2O5S/c1-13(25-17-10-6-9-16(12-17)24-3)18(21)19-14-7-5-8-15(11-14)20(2)26(4,22)23/h5-13H,1-4H3,(H,19,21)/t13-/m0/s1. The van der Waals surface area contributed by atoms with Gasteiger partial charge in [0.1, 0.15) is 11.5 Å². The molecular weight excluding hydrogens is 356 g/mol. The molecule has 0 fully saturated rings. The van der Waals surface area contributed by atoms with Gasteiger partial charge in [-0.1, -0.05) is 12.1 Å². The first-order valence-electron chi connectivity index (χ1n) is 7.86. The van der Waals surface area contributed by atoms with Crippen LogP contribution in [0.15, 0.2) is 48.5 Å². The van der Waals surface area contributed by atoms with Crippen molar-refractivity contribution in [2.24, 2.45) is 0 Å². The third-order valence-corrected chi connectivity index (χ3v) is 4.90. The molecule has 140 valence electrons. The molecule has 26 heavy (non-hydrogen) atoms. The molecule has 0 aliphatic heterocycles. The summed E-state index contributed by atoms with van der Waals surface area (Å²) in [4.78, 5) is 12.4. The molecule has 0 aromatic heterocycles. The first-order chi connectivity index (χ1) is 12.2. The minimum atomic E-state index is -3.38. The molecule has 7 nitrogen and oxygen atoms in total. The molecule has 2 rings (SSSR count). The second-order valence-corrected chi connectivity index (χ2v) is 7.72. The molecule has 8 heteroatoms. The number of benzene rings is 2. The number of carbonyl (C=O) groups excluding carboxylic acids is 1. The Bertz CT molecular complexity index is 883. The lowest BCUT2D eigenvalue weighted by molar-refractivity contribution is -0.122. The van der Waals surface area contributed by atoms with Crippen molar-refractivity contribution in [3.8, 4) is 11.5 Å². The Morgan fingerprint density at radius 3 is 2.42 bits per heavy atom. The fourth-order valence-electron chi connectivity index (χ4n) is 2.15. The SMILES string of the molecule is COc1cccc(O[C@@H](C)C(=O)Nc2cccc(N(C)S(C)(=O)=O)c2)c1.